The summed E-state index contributed by atoms with van der Waals surface area (Å²) in [5.41, 5.74) is 1.40. The molecule has 17 heavy (non-hydrogen) atoms. The number of allylic oxidation sites excluding steroid dienone is 1. The van der Waals surface area contributed by atoms with Gasteiger partial charge in [-0.2, -0.15) is 5.26 Å². The van der Waals surface area contributed by atoms with E-state index in [1.165, 1.54) is 7.11 Å². The summed E-state index contributed by atoms with van der Waals surface area (Å²) in [5, 5.41) is 9.11. The third-order valence-corrected chi connectivity index (χ3v) is 2.13. The first-order valence-corrected chi connectivity index (χ1v) is 5.06. The van der Waals surface area contributed by atoms with Gasteiger partial charge in [0.05, 0.1) is 18.2 Å². The Kier molecular flexibility index (Phi) is 4.29. The van der Waals surface area contributed by atoms with Crippen molar-refractivity contribution in [3.8, 4) is 6.07 Å². The van der Waals surface area contributed by atoms with E-state index in [4.69, 9.17) is 5.26 Å². The number of methoxy groups -OCH3 is 1. The van der Waals surface area contributed by atoms with Crippen molar-refractivity contribution in [3.63, 3.8) is 0 Å². The second-order valence-corrected chi connectivity index (χ2v) is 3.66. The molecule has 0 heterocycles. The summed E-state index contributed by atoms with van der Waals surface area (Å²) in [5.74, 6) is -0.444. The van der Waals surface area contributed by atoms with Gasteiger partial charge in [-0.25, -0.2) is 4.79 Å². The van der Waals surface area contributed by atoms with Gasteiger partial charge < -0.3 is 9.64 Å². The van der Waals surface area contributed by atoms with Gasteiger partial charge in [0.25, 0.3) is 0 Å². The zero-order valence-electron chi connectivity index (χ0n) is 10.1. The fourth-order valence-electron chi connectivity index (χ4n) is 1.42. The standard InChI is InChI=1S/C13H14N2O2/c1-15(2)9-10(8-14)11-6-4-5-7-12(11)13(16)17-3/h4-7,9H,1-3H3/b10-9+. The molecule has 1 aromatic rings. The highest BCUT2D eigenvalue weighted by Gasteiger charge is 2.14. The highest BCUT2D eigenvalue weighted by Crippen LogP contribution is 2.19. The van der Waals surface area contributed by atoms with Crippen LogP contribution >= 0.6 is 0 Å². The first-order chi connectivity index (χ1) is 8.10. The van der Waals surface area contributed by atoms with Crippen LogP contribution in [0.3, 0.4) is 0 Å². The number of benzene rings is 1. The third-order valence-electron chi connectivity index (χ3n) is 2.13. The molecule has 1 rings (SSSR count). The molecule has 0 aromatic heterocycles. The molecule has 4 heteroatoms. The normalized spacial score (nSPS) is 10.6. The average Bonchev–Trinajstić information content (AvgIpc) is 2.34. The van der Waals surface area contributed by atoms with Crippen LogP contribution < -0.4 is 0 Å². The molecule has 0 aliphatic carbocycles. The highest BCUT2D eigenvalue weighted by atomic mass is 16.5. The average molecular weight is 230 g/mol. The Hall–Kier alpha value is -2.28. The number of ether oxygens (including phenoxy) is 1. The quantitative estimate of drug-likeness (QED) is 0.588. The van der Waals surface area contributed by atoms with E-state index < -0.39 is 5.97 Å². The van der Waals surface area contributed by atoms with Crippen molar-refractivity contribution < 1.29 is 9.53 Å². The minimum absolute atomic E-state index is 0.393. The number of hydrogen-bond donors (Lipinski definition) is 0. The molecule has 0 saturated carbocycles. The molecule has 0 amide bonds. The number of rotatable bonds is 3. The van der Waals surface area contributed by atoms with Crippen LogP contribution in [0.1, 0.15) is 15.9 Å². The van der Waals surface area contributed by atoms with Crippen LogP contribution in [-0.4, -0.2) is 32.1 Å². The van der Waals surface area contributed by atoms with Gasteiger partial charge in [-0.1, -0.05) is 18.2 Å². The minimum Gasteiger partial charge on any atom is -0.465 e. The second-order valence-electron chi connectivity index (χ2n) is 3.66. The monoisotopic (exact) mass is 230 g/mol. The number of nitriles is 1. The van der Waals surface area contributed by atoms with E-state index in [-0.39, 0.29) is 0 Å². The fraction of sp³-hybridized carbons (Fsp3) is 0.231. The summed E-state index contributed by atoms with van der Waals surface area (Å²) in [4.78, 5) is 13.3. The van der Waals surface area contributed by atoms with Gasteiger partial charge in [-0.05, 0) is 6.07 Å². The molecule has 0 saturated heterocycles. The topological polar surface area (TPSA) is 53.3 Å². The van der Waals surface area contributed by atoms with Crippen LogP contribution in [0.25, 0.3) is 5.57 Å². The molecule has 0 spiro atoms. The van der Waals surface area contributed by atoms with Gasteiger partial charge >= 0.3 is 5.97 Å². The van der Waals surface area contributed by atoms with Crippen LogP contribution in [0.5, 0.6) is 0 Å². The summed E-state index contributed by atoms with van der Waals surface area (Å²) in [6.45, 7) is 0. The molecule has 0 unspecified atom stereocenters. The summed E-state index contributed by atoms with van der Waals surface area (Å²) in [6.07, 6.45) is 1.67. The van der Waals surface area contributed by atoms with Crippen LogP contribution in [-0.2, 0) is 4.74 Å². The maximum Gasteiger partial charge on any atom is 0.338 e. The number of hydrogen-bond acceptors (Lipinski definition) is 4. The van der Waals surface area contributed by atoms with Crippen molar-refractivity contribution in [2.45, 2.75) is 0 Å². The Morgan fingerprint density at radius 1 is 1.35 bits per heavy atom. The Balaban J connectivity index is 3.31. The maximum atomic E-state index is 11.6. The molecule has 1 aromatic carbocycles. The van der Waals surface area contributed by atoms with Crippen molar-refractivity contribution in [2.75, 3.05) is 21.2 Å². The molecular formula is C13H14N2O2. The van der Waals surface area contributed by atoms with Gasteiger partial charge in [0.15, 0.2) is 0 Å². The van der Waals surface area contributed by atoms with Crippen molar-refractivity contribution >= 4 is 11.5 Å². The predicted octanol–water partition coefficient (Wildman–Crippen LogP) is 1.90. The minimum atomic E-state index is -0.444. The van der Waals surface area contributed by atoms with E-state index in [2.05, 4.69) is 10.8 Å². The largest absolute Gasteiger partial charge is 0.465 e. The number of carbonyl (C=O) groups excluding carboxylic acids is 1. The van der Waals surface area contributed by atoms with Crippen LogP contribution in [0, 0.1) is 11.3 Å². The lowest BCUT2D eigenvalue weighted by Crippen LogP contribution is -2.07. The lowest BCUT2D eigenvalue weighted by Gasteiger charge is -2.09. The molecule has 0 fully saturated rings. The van der Waals surface area contributed by atoms with Gasteiger partial charge in [0, 0.05) is 25.9 Å². The molecule has 0 aliphatic rings. The number of esters is 1. The van der Waals surface area contributed by atoms with Crippen molar-refractivity contribution in [1.82, 2.24) is 4.90 Å². The lowest BCUT2D eigenvalue weighted by atomic mass is 10.0. The first kappa shape index (κ1) is 12.8. The smallest absolute Gasteiger partial charge is 0.338 e. The van der Waals surface area contributed by atoms with Gasteiger partial charge in [-0.15, -0.1) is 0 Å². The van der Waals surface area contributed by atoms with Crippen LogP contribution in [0.15, 0.2) is 30.5 Å². The molecule has 0 aliphatic heterocycles. The predicted molar refractivity (Wildman–Crippen MR) is 65.1 cm³/mol. The van der Waals surface area contributed by atoms with E-state index in [1.54, 1.807) is 35.4 Å². The van der Waals surface area contributed by atoms with Gasteiger partial charge in [0.2, 0.25) is 0 Å². The lowest BCUT2D eigenvalue weighted by molar-refractivity contribution is 0.0600. The van der Waals surface area contributed by atoms with Crippen molar-refractivity contribution in [1.29, 1.82) is 5.26 Å². The van der Waals surface area contributed by atoms with E-state index in [0.717, 1.165) is 0 Å². The van der Waals surface area contributed by atoms with E-state index in [0.29, 0.717) is 16.7 Å². The summed E-state index contributed by atoms with van der Waals surface area (Å²) in [7, 11) is 4.96. The summed E-state index contributed by atoms with van der Waals surface area (Å²) >= 11 is 0. The molecule has 0 N–H and O–H groups in total. The summed E-state index contributed by atoms with van der Waals surface area (Å²) < 4.78 is 4.69. The molecule has 0 bridgehead atoms. The Morgan fingerprint density at radius 2 is 1.94 bits per heavy atom. The zero-order chi connectivity index (χ0) is 12.8. The van der Waals surface area contributed by atoms with Crippen LogP contribution in [0.2, 0.25) is 0 Å². The molecule has 0 radical (unpaired) electrons. The summed E-state index contributed by atoms with van der Waals surface area (Å²) in [6, 6.07) is 8.97. The Bertz CT molecular complexity index is 484. The van der Waals surface area contributed by atoms with Gasteiger partial charge in [0.1, 0.15) is 6.07 Å². The van der Waals surface area contributed by atoms with Gasteiger partial charge in [-0.3, -0.25) is 0 Å². The SMILES string of the molecule is COC(=O)c1ccccc1/C(C#N)=C/N(C)C. The fourth-order valence-corrected chi connectivity index (χ4v) is 1.42. The Labute approximate surface area is 101 Å². The molecular weight excluding hydrogens is 216 g/mol. The van der Waals surface area contributed by atoms with Crippen LogP contribution in [0.4, 0.5) is 0 Å². The van der Waals surface area contributed by atoms with Crippen molar-refractivity contribution in [2.24, 2.45) is 0 Å². The number of carbonyl (C=O) groups is 1. The second kappa shape index (κ2) is 5.71. The molecule has 88 valence electrons. The number of nitrogens with zero attached hydrogens (tertiary/aromatic N) is 2. The van der Waals surface area contributed by atoms with E-state index in [1.807, 2.05) is 14.1 Å². The van der Waals surface area contributed by atoms with Crippen molar-refractivity contribution in [3.05, 3.63) is 41.6 Å². The zero-order valence-corrected chi connectivity index (χ0v) is 10.1. The van der Waals surface area contributed by atoms with E-state index in [9.17, 15) is 4.79 Å². The maximum absolute atomic E-state index is 11.6. The Morgan fingerprint density at radius 3 is 2.41 bits per heavy atom. The van der Waals surface area contributed by atoms with E-state index >= 15 is 0 Å². The highest BCUT2D eigenvalue weighted by molar-refractivity contribution is 5.97. The first-order valence-electron chi connectivity index (χ1n) is 5.06. The molecule has 0 atom stereocenters. The molecule has 4 nitrogen and oxygen atoms in total. The third kappa shape index (κ3) is 3.08.